The van der Waals surface area contributed by atoms with Crippen LogP contribution < -0.4 is 10.0 Å². The van der Waals surface area contributed by atoms with Crippen molar-refractivity contribution in [2.45, 2.75) is 11.4 Å². The molecule has 3 aromatic rings. The lowest BCUT2D eigenvalue weighted by Crippen LogP contribution is -2.18. The lowest BCUT2D eigenvalue weighted by Gasteiger charge is -2.11. The zero-order valence-corrected chi connectivity index (χ0v) is 17.2. The topological polar surface area (TPSA) is 88.4 Å². The molecule has 0 aliphatic rings. The highest BCUT2D eigenvalue weighted by Crippen LogP contribution is 2.22. The Hall–Kier alpha value is -2.62. The van der Waals surface area contributed by atoms with Gasteiger partial charge in [0.25, 0.3) is 5.91 Å². The lowest BCUT2D eigenvalue weighted by molar-refractivity contribution is 0.101. The number of hydrogen-bond donors (Lipinski definition) is 2. The normalized spacial score (nSPS) is 12.0. The van der Waals surface area contributed by atoms with Crippen molar-refractivity contribution in [2.75, 3.05) is 33.0 Å². The van der Waals surface area contributed by atoms with Gasteiger partial charge in [0, 0.05) is 49.1 Å². The van der Waals surface area contributed by atoms with Gasteiger partial charge in [0.15, 0.2) is 0 Å². The Bertz CT molecular complexity index is 1110. The molecule has 0 spiro atoms. The van der Waals surface area contributed by atoms with Gasteiger partial charge in [-0.1, -0.05) is 0 Å². The number of hydrogen-bond acceptors (Lipinski definition) is 4. The molecule has 9 heteroatoms. The molecule has 8 nitrogen and oxygen atoms in total. The number of aromatic nitrogens is 2. The molecule has 150 valence electrons. The van der Waals surface area contributed by atoms with E-state index >= 15 is 0 Å². The zero-order chi connectivity index (χ0) is 20.5. The fourth-order valence-electron chi connectivity index (χ4n) is 3.00. The second kappa shape index (κ2) is 7.78. The standard InChI is InChI=1S/C19H25N5O3S/c1-20-28(26,27)16-12-18(23(4)13-16)19(25)21-15-5-6-17-14(11-15)7-8-24(17)10-9-22(2)3/h5-8,11-13,20H,9-10H2,1-4H3,(H,21,25). The van der Waals surface area contributed by atoms with Crippen molar-refractivity contribution in [3.8, 4) is 0 Å². The van der Waals surface area contributed by atoms with Gasteiger partial charge in [0.05, 0.1) is 0 Å². The average molecular weight is 404 g/mol. The Morgan fingerprint density at radius 2 is 1.93 bits per heavy atom. The minimum atomic E-state index is -3.60. The molecule has 0 saturated carbocycles. The van der Waals surface area contributed by atoms with Crippen molar-refractivity contribution < 1.29 is 13.2 Å². The SMILES string of the molecule is CNS(=O)(=O)c1cc(C(=O)Nc2ccc3c(ccn3CCN(C)C)c2)n(C)c1. The molecule has 28 heavy (non-hydrogen) atoms. The Labute approximate surface area is 164 Å². The third kappa shape index (κ3) is 4.11. The molecule has 0 atom stereocenters. The number of nitrogens with zero attached hydrogens (tertiary/aromatic N) is 3. The number of fused-ring (bicyclic) bond motifs is 1. The van der Waals surface area contributed by atoms with Gasteiger partial charge >= 0.3 is 0 Å². The smallest absolute Gasteiger partial charge is 0.272 e. The molecule has 0 aliphatic carbocycles. The summed E-state index contributed by atoms with van der Waals surface area (Å²) in [4.78, 5) is 14.8. The second-order valence-electron chi connectivity index (χ2n) is 6.92. The van der Waals surface area contributed by atoms with Crippen LogP contribution in [0.4, 0.5) is 5.69 Å². The summed E-state index contributed by atoms with van der Waals surface area (Å²) in [6.45, 7) is 1.82. The van der Waals surface area contributed by atoms with E-state index in [1.165, 1.54) is 23.9 Å². The van der Waals surface area contributed by atoms with E-state index in [4.69, 9.17) is 0 Å². The molecule has 1 amide bonds. The van der Waals surface area contributed by atoms with Crippen LogP contribution >= 0.6 is 0 Å². The first kappa shape index (κ1) is 20.1. The highest BCUT2D eigenvalue weighted by atomic mass is 32.2. The minimum Gasteiger partial charge on any atom is -0.346 e. The predicted octanol–water partition coefficient (Wildman–Crippen LogP) is 1.70. The van der Waals surface area contributed by atoms with E-state index in [9.17, 15) is 13.2 Å². The Morgan fingerprint density at radius 3 is 2.61 bits per heavy atom. The number of anilines is 1. The van der Waals surface area contributed by atoms with Crippen LogP contribution in [0.25, 0.3) is 10.9 Å². The van der Waals surface area contributed by atoms with Crippen molar-refractivity contribution in [2.24, 2.45) is 7.05 Å². The Balaban J connectivity index is 1.80. The number of aryl methyl sites for hydroxylation is 1. The monoisotopic (exact) mass is 403 g/mol. The summed E-state index contributed by atoms with van der Waals surface area (Å²) in [5.74, 6) is -0.369. The molecular weight excluding hydrogens is 378 g/mol. The minimum absolute atomic E-state index is 0.0519. The summed E-state index contributed by atoms with van der Waals surface area (Å²) < 4.78 is 29.8. The molecule has 0 unspecified atom stereocenters. The maximum absolute atomic E-state index is 12.6. The molecule has 0 aliphatic heterocycles. The first-order valence-electron chi connectivity index (χ1n) is 8.86. The zero-order valence-electron chi connectivity index (χ0n) is 16.4. The van der Waals surface area contributed by atoms with Gasteiger partial charge in [-0.05, 0) is 51.5 Å². The third-order valence-electron chi connectivity index (χ3n) is 4.61. The summed E-state index contributed by atoms with van der Waals surface area (Å²) in [5.41, 5.74) is 2.01. The van der Waals surface area contributed by atoms with Gasteiger partial charge in [0.1, 0.15) is 10.6 Å². The number of amides is 1. The maximum atomic E-state index is 12.6. The van der Waals surface area contributed by atoms with E-state index in [0.29, 0.717) is 5.69 Å². The molecule has 0 radical (unpaired) electrons. The largest absolute Gasteiger partial charge is 0.346 e. The number of benzene rings is 1. The van der Waals surface area contributed by atoms with Crippen molar-refractivity contribution in [3.63, 3.8) is 0 Å². The maximum Gasteiger partial charge on any atom is 0.272 e. The highest BCUT2D eigenvalue weighted by molar-refractivity contribution is 7.89. The van der Waals surface area contributed by atoms with Crippen LogP contribution in [0.2, 0.25) is 0 Å². The Morgan fingerprint density at radius 1 is 1.18 bits per heavy atom. The number of likely N-dealkylation sites (N-methyl/N-ethyl adjacent to an activating group) is 1. The van der Waals surface area contributed by atoms with Crippen LogP contribution in [0.3, 0.4) is 0 Å². The van der Waals surface area contributed by atoms with E-state index in [1.54, 1.807) is 7.05 Å². The fraction of sp³-hybridized carbons (Fsp3) is 0.316. The van der Waals surface area contributed by atoms with Crippen molar-refractivity contribution >= 4 is 32.5 Å². The number of carbonyl (C=O) groups is 1. The number of carbonyl (C=O) groups excluding carboxylic acids is 1. The quantitative estimate of drug-likeness (QED) is 0.629. The van der Waals surface area contributed by atoms with Gasteiger partial charge in [-0.2, -0.15) is 0 Å². The van der Waals surface area contributed by atoms with Crippen LogP contribution in [0, 0.1) is 0 Å². The molecule has 3 rings (SSSR count). The molecule has 0 saturated heterocycles. The number of sulfonamides is 1. The average Bonchev–Trinajstić information content (AvgIpc) is 3.23. The lowest BCUT2D eigenvalue weighted by atomic mass is 10.2. The molecule has 2 aromatic heterocycles. The Kier molecular flexibility index (Phi) is 5.59. The first-order chi connectivity index (χ1) is 13.2. The van der Waals surface area contributed by atoms with Crippen molar-refractivity contribution in [3.05, 3.63) is 48.4 Å². The number of nitrogens with one attached hydrogen (secondary N) is 2. The molecule has 0 bridgehead atoms. The summed E-state index contributed by atoms with van der Waals surface area (Å²) in [5, 5.41) is 3.87. The van der Waals surface area contributed by atoms with E-state index in [0.717, 1.165) is 24.0 Å². The van der Waals surface area contributed by atoms with Gasteiger partial charge in [-0.3, -0.25) is 4.79 Å². The summed E-state index contributed by atoms with van der Waals surface area (Å²) >= 11 is 0. The molecule has 2 heterocycles. The number of rotatable bonds is 7. The van der Waals surface area contributed by atoms with E-state index in [2.05, 4.69) is 19.5 Å². The van der Waals surface area contributed by atoms with Gasteiger partial charge < -0.3 is 19.4 Å². The van der Waals surface area contributed by atoms with Crippen LogP contribution in [0.1, 0.15) is 10.5 Å². The van der Waals surface area contributed by atoms with Crippen LogP contribution in [-0.4, -0.2) is 56.0 Å². The predicted molar refractivity (Wildman–Crippen MR) is 110 cm³/mol. The summed E-state index contributed by atoms with van der Waals surface area (Å²) in [6, 6.07) is 9.11. The first-order valence-corrected chi connectivity index (χ1v) is 10.3. The van der Waals surface area contributed by atoms with Crippen molar-refractivity contribution in [1.29, 1.82) is 0 Å². The molecular formula is C19H25N5O3S. The fourth-order valence-corrected chi connectivity index (χ4v) is 3.80. The van der Waals surface area contributed by atoms with E-state index in [-0.39, 0.29) is 16.5 Å². The van der Waals surface area contributed by atoms with Crippen molar-refractivity contribution in [1.82, 2.24) is 18.8 Å². The van der Waals surface area contributed by atoms with Gasteiger partial charge in [0.2, 0.25) is 10.0 Å². The molecule has 1 aromatic carbocycles. The molecule has 2 N–H and O–H groups in total. The third-order valence-corrected chi connectivity index (χ3v) is 5.99. The summed E-state index contributed by atoms with van der Waals surface area (Å²) in [6.07, 6.45) is 3.45. The van der Waals surface area contributed by atoms with Crippen LogP contribution in [0.5, 0.6) is 0 Å². The van der Waals surface area contributed by atoms with Crippen LogP contribution in [-0.2, 0) is 23.6 Å². The molecule has 0 fully saturated rings. The second-order valence-corrected chi connectivity index (χ2v) is 8.81. The van der Waals surface area contributed by atoms with E-state index in [1.807, 2.05) is 44.6 Å². The van der Waals surface area contributed by atoms with Gasteiger partial charge in [-0.25, -0.2) is 13.1 Å². The van der Waals surface area contributed by atoms with Gasteiger partial charge in [-0.15, -0.1) is 0 Å². The van der Waals surface area contributed by atoms with E-state index < -0.39 is 10.0 Å². The van der Waals surface area contributed by atoms with Crippen LogP contribution in [0.15, 0.2) is 47.6 Å². The summed E-state index contributed by atoms with van der Waals surface area (Å²) in [7, 11) is 3.45. The highest BCUT2D eigenvalue weighted by Gasteiger charge is 2.19.